The number of carbonyl (C=O) groups is 1. The summed E-state index contributed by atoms with van der Waals surface area (Å²) in [6, 6.07) is 8.84. The van der Waals surface area contributed by atoms with Gasteiger partial charge in [-0.05, 0) is 43.2 Å². The molecule has 2 aromatic rings. The highest BCUT2D eigenvalue weighted by atomic mass is 16.1. The Labute approximate surface area is 129 Å². The van der Waals surface area contributed by atoms with E-state index in [4.69, 9.17) is 0 Å². The van der Waals surface area contributed by atoms with Gasteiger partial charge in [-0.3, -0.25) is 4.79 Å². The summed E-state index contributed by atoms with van der Waals surface area (Å²) in [4.78, 5) is 12.6. The van der Waals surface area contributed by atoms with Crippen LogP contribution in [0.5, 0.6) is 0 Å². The van der Waals surface area contributed by atoms with Gasteiger partial charge in [0.15, 0.2) is 5.82 Å². The standard InChI is InChI=1S/C17H20N4O/c22-17(15-7-3-5-12-4-1-2-6-14(12)15)18-10-16-20-19-11-21(16)13-8-9-13/h1-2,4,6,11,13,15H,3,5,7-10H2,(H,18,22)/t15-/m1/s1. The summed E-state index contributed by atoms with van der Waals surface area (Å²) in [5, 5.41) is 11.2. The van der Waals surface area contributed by atoms with Crippen molar-refractivity contribution in [2.75, 3.05) is 0 Å². The zero-order chi connectivity index (χ0) is 14.9. The molecule has 5 nitrogen and oxygen atoms in total. The molecule has 0 radical (unpaired) electrons. The van der Waals surface area contributed by atoms with Gasteiger partial charge < -0.3 is 9.88 Å². The predicted octanol–water partition coefficient (Wildman–Crippen LogP) is 2.35. The molecule has 1 atom stereocenters. The van der Waals surface area contributed by atoms with E-state index >= 15 is 0 Å². The second kappa shape index (κ2) is 5.55. The molecule has 1 saturated carbocycles. The third kappa shape index (κ3) is 2.51. The monoisotopic (exact) mass is 296 g/mol. The molecule has 2 aliphatic carbocycles. The topological polar surface area (TPSA) is 59.8 Å². The van der Waals surface area contributed by atoms with E-state index in [1.54, 1.807) is 6.33 Å². The van der Waals surface area contributed by atoms with E-state index in [9.17, 15) is 4.79 Å². The Hall–Kier alpha value is -2.17. The van der Waals surface area contributed by atoms with Crippen molar-refractivity contribution in [1.82, 2.24) is 20.1 Å². The molecule has 5 heteroatoms. The van der Waals surface area contributed by atoms with Crippen molar-refractivity contribution in [3.05, 3.63) is 47.5 Å². The maximum Gasteiger partial charge on any atom is 0.227 e. The number of aromatic nitrogens is 3. The van der Waals surface area contributed by atoms with E-state index < -0.39 is 0 Å². The lowest BCUT2D eigenvalue weighted by molar-refractivity contribution is -0.123. The third-order valence-electron chi connectivity index (χ3n) is 4.69. The molecule has 2 aliphatic rings. The zero-order valence-electron chi connectivity index (χ0n) is 12.5. The van der Waals surface area contributed by atoms with Crippen LogP contribution in [0.3, 0.4) is 0 Å². The molecule has 114 valence electrons. The van der Waals surface area contributed by atoms with Gasteiger partial charge in [0.05, 0.1) is 12.5 Å². The first kappa shape index (κ1) is 13.5. The Kier molecular flexibility index (Phi) is 3.41. The van der Waals surface area contributed by atoms with Gasteiger partial charge in [0.25, 0.3) is 0 Å². The Morgan fingerprint density at radius 3 is 3.00 bits per heavy atom. The summed E-state index contributed by atoms with van der Waals surface area (Å²) in [7, 11) is 0. The first-order valence-corrected chi connectivity index (χ1v) is 8.07. The van der Waals surface area contributed by atoms with Crippen molar-refractivity contribution in [3.63, 3.8) is 0 Å². The fourth-order valence-electron chi connectivity index (χ4n) is 3.37. The van der Waals surface area contributed by atoms with Gasteiger partial charge in [0.1, 0.15) is 6.33 Å². The normalized spacial score (nSPS) is 20.5. The molecule has 1 heterocycles. The van der Waals surface area contributed by atoms with Crippen LogP contribution in [-0.2, 0) is 17.8 Å². The fraction of sp³-hybridized carbons (Fsp3) is 0.471. The van der Waals surface area contributed by atoms with Gasteiger partial charge in [-0.1, -0.05) is 24.3 Å². The Morgan fingerprint density at radius 2 is 2.14 bits per heavy atom. The second-order valence-corrected chi connectivity index (χ2v) is 6.25. The summed E-state index contributed by atoms with van der Waals surface area (Å²) in [5.74, 6) is 0.944. The number of rotatable bonds is 4. The van der Waals surface area contributed by atoms with Crippen LogP contribution in [0.1, 0.15) is 54.6 Å². The lowest BCUT2D eigenvalue weighted by Gasteiger charge is -2.24. The minimum Gasteiger partial charge on any atom is -0.348 e. The highest BCUT2D eigenvalue weighted by molar-refractivity contribution is 5.84. The van der Waals surface area contributed by atoms with Gasteiger partial charge in [-0.2, -0.15) is 0 Å². The largest absolute Gasteiger partial charge is 0.348 e. The van der Waals surface area contributed by atoms with Crippen molar-refractivity contribution < 1.29 is 4.79 Å². The van der Waals surface area contributed by atoms with Crippen LogP contribution in [0, 0.1) is 0 Å². The number of fused-ring (bicyclic) bond motifs is 1. The number of amides is 1. The smallest absolute Gasteiger partial charge is 0.227 e. The van der Waals surface area contributed by atoms with E-state index in [-0.39, 0.29) is 11.8 Å². The average Bonchev–Trinajstić information content (AvgIpc) is 3.30. The number of nitrogens with one attached hydrogen (secondary N) is 1. The minimum atomic E-state index is -0.0257. The fourth-order valence-corrected chi connectivity index (χ4v) is 3.37. The third-order valence-corrected chi connectivity index (χ3v) is 4.69. The number of carbonyl (C=O) groups excluding carboxylic acids is 1. The van der Waals surface area contributed by atoms with E-state index in [0.29, 0.717) is 12.6 Å². The molecule has 0 spiro atoms. The van der Waals surface area contributed by atoms with Crippen LogP contribution in [0.4, 0.5) is 0 Å². The Bertz CT molecular complexity index is 689. The lowest BCUT2D eigenvalue weighted by atomic mass is 9.82. The Morgan fingerprint density at radius 1 is 1.27 bits per heavy atom. The van der Waals surface area contributed by atoms with E-state index in [1.807, 2.05) is 6.07 Å². The summed E-state index contributed by atoms with van der Waals surface area (Å²) >= 11 is 0. The molecule has 1 aromatic carbocycles. The van der Waals surface area contributed by atoms with Crippen LogP contribution in [-0.4, -0.2) is 20.7 Å². The van der Waals surface area contributed by atoms with E-state index in [1.165, 1.54) is 24.0 Å². The number of aryl methyl sites for hydroxylation is 1. The first-order valence-electron chi connectivity index (χ1n) is 8.07. The van der Waals surface area contributed by atoms with Crippen LogP contribution in [0.25, 0.3) is 0 Å². The molecular weight excluding hydrogens is 276 g/mol. The summed E-state index contributed by atoms with van der Waals surface area (Å²) < 4.78 is 2.09. The van der Waals surface area contributed by atoms with Gasteiger partial charge in [-0.25, -0.2) is 0 Å². The number of nitrogens with zero attached hydrogens (tertiary/aromatic N) is 3. The molecule has 1 aromatic heterocycles. The SMILES string of the molecule is O=C(NCc1nncn1C1CC1)[C@@H]1CCCc2ccccc21. The van der Waals surface area contributed by atoms with Crippen molar-refractivity contribution in [2.45, 2.75) is 50.6 Å². The molecule has 0 bridgehead atoms. The molecule has 0 aliphatic heterocycles. The number of hydrogen-bond acceptors (Lipinski definition) is 3. The van der Waals surface area contributed by atoms with Gasteiger partial charge >= 0.3 is 0 Å². The highest BCUT2D eigenvalue weighted by Gasteiger charge is 2.28. The number of hydrogen-bond donors (Lipinski definition) is 1. The zero-order valence-corrected chi connectivity index (χ0v) is 12.5. The van der Waals surface area contributed by atoms with Gasteiger partial charge in [0.2, 0.25) is 5.91 Å². The second-order valence-electron chi connectivity index (χ2n) is 6.25. The van der Waals surface area contributed by atoms with E-state index in [0.717, 1.165) is 25.1 Å². The van der Waals surface area contributed by atoms with Gasteiger partial charge in [-0.15, -0.1) is 10.2 Å². The van der Waals surface area contributed by atoms with Gasteiger partial charge in [0, 0.05) is 6.04 Å². The average molecular weight is 296 g/mol. The van der Waals surface area contributed by atoms with Crippen molar-refractivity contribution in [3.8, 4) is 0 Å². The first-order chi connectivity index (χ1) is 10.8. The maximum atomic E-state index is 12.6. The predicted molar refractivity (Wildman–Crippen MR) is 82.3 cm³/mol. The molecule has 1 N–H and O–H groups in total. The van der Waals surface area contributed by atoms with Crippen LogP contribution >= 0.6 is 0 Å². The molecule has 0 unspecified atom stereocenters. The minimum absolute atomic E-state index is 0.0257. The molecule has 22 heavy (non-hydrogen) atoms. The number of benzene rings is 1. The Balaban J connectivity index is 1.45. The molecule has 0 saturated heterocycles. The van der Waals surface area contributed by atoms with Crippen LogP contribution < -0.4 is 5.32 Å². The maximum absolute atomic E-state index is 12.6. The van der Waals surface area contributed by atoms with Crippen LogP contribution in [0.15, 0.2) is 30.6 Å². The lowest BCUT2D eigenvalue weighted by Crippen LogP contribution is -2.31. The summed E-state index contributed by atoms with van der Waals surface area (Å²) in [6.45, 7) is 0.466. The molecule has 1 fully saturated rings. The van der Waals surface area contributed by atoms with Crippen LogP contribution in [0.2, 0.25) is 0 Å². The molecule has 1 amide bonds. The molecule has 4 rings (SSSR count). The summed E-state index contributed by atoms with van der Waals surface area (Å²) in [6.07, 6.45) is 7.24. The molecular formula is C17H20N4O. The highest BCUT2D eigenvalue weighted by Crippen LogP contribution is 2.35. The van der Waals surface area contributed by atoms with Crippen molar-refractivity contribution in [2.24, 2.45) is 0 Å². The van der Waals surface area contributed by atoms with Crippen molar-refractivity contribution in [1.29, 1.82) is 0 Å². The quantitative estimate of drug-likeness (QED) is 0.942. The van der Waals surface area contributed by atoms with E-state index in [2.05, 4.69) is 38.3 Å². The van der Waals surface area contributed by atoms with Crippen molar-refractivity contribution >= 4 is 5.91 Å². The summed E-state index contributed by atoms with van der Waals surface area (Å²) in [5.41, 5.74) is 2.50.